The zero-order valence-corrected chi connectivity index (χ0v) is 13.5. The van der Waals surface area contributed by atoms with Gasteiger partial charge in [-0.25, -0.2) is 0 Å². The average molecular weight is 321 g/mol. The van der Waals surface area contributed by atoms with Gasteiger partial charge < -0.3 is 4.74 Å². The Hall–Kier alpha value is -2.08. The minimum atomic E-state index is -0.493. The molecule has 2 rings (SSSR count). The van der Waals surface area contributed by atoms with E-state index in [-0.39, 0.29) is 12.4 Å². The molecule has 0 spiro atoms. The van der Waals surface area contributed by atoms with E-state index in [1.54, 1.807) is 24.3 Å². The van der Waals surface area contributed by atoms with Crippen LogP contribution >= 0.6 is 11.6 Å². The van der Waals surface area contributed by atoms with Crippen LogP contribution in [0.25, 0.3) is 11.4 Å². The van der Waals surface area contributed by atoms with E-state index in [1.807, 2.05) is 20.8 Å². The summed E-state index contributed by atoms with van der Waals surface area (Å²) in [6.45, 7) is 5.47. The molecule has 7 heteroatoms. The highest BCUT2D eigenvalue weighted by atomic mass is 35.5. The molecule has 0 bridgehead atoms. The lowest BCUT2D eigenvalue weighted by Gasteiger charge is -2.19. The maximum absolute atomic E-state index is 11.6. The van der Waals surface area contributed by atoms with Gasteiger partial charge in [0.05, 0.1) is 6.42 Å². The summed E-state index contributed by atoms with van der Waals surface area (Å²) in [5.41, 5.74) is 0.287. The van der Waals surface area contributed by atoms with E-state index in [9.17, 15) is 4.79 Å². The fourth-order valence-electron chi connectivity index (χ4n) is 1.67. The molecule has 0 aliphatic rings. The van der Waals surface area contributed by atoms with Crippen molar-refractivity contribution in [2.75, 3.05) is 0 Å². The second-order valence-corrected chi connectivity index (χ2v) is 6.17. The van der Waals surface area contributed by atoms with E-state index in [0.29, 0.717) is 23.1 Å². The maximum atomic E-state index is 11.6. The van der Waals surface area contributed by atoms with Crippen molar-refractivity contribution in [3.63, 3.8) is 0 Å². The highest BCUT2D eigenvalue weighted by molar-refractivity contribution is 6.30. The standard InChI is InChI=1S/C15H17ClN4O2/c1-15(2,3)22-13(21)9-8-12-17-19-14(20-18-12)10-4-6-11(16)7-5-10/h4-7H,8-9H2,1-3H3. The number of halogens is 1. The third kappa shape index (κ3) is 5.04. The molecule has 0 N–H and O–H groups in total. The van der Waals surface area contributed by atoms with Gasteiger partial charge in [-0.2, -0.15) is 0 Å². The first-order valence-electron chi connectivity index (χ1n) is 6.87. The summed E-state index contributed by atoms with van der Waals surface area (Å²) in [7, 11) is 0. The Morgan fingerprint density at radius 2 is 1.68 bits per heavy atom. The first-order valence-corrected chi connectivity index (χ1v) is 7.25. The molecule has 22 heavy (non-hydrogen) atoms. The van der Waals surface area contributed by atoms with Gasteiger partial charge in [0.1, 0.15) is 5.60 Å². The minimum absolute atomic E-state index is 0.195. The molecule has 0 fully saturated rings. The van der Waals surface area contributed by atoms with E-state index < -0.39 is 5.60 Å². The van der Waals surface area contributed by atoms with Crippen molar-refractivity contribution < 1.29 is 9.53 Å². The topological polar surface area (TPSA) is 77.9 Å². The van der Waals surface area contributed by atoms with E-state index in [4.69, 9.17) is 16.3 Å². The number of ether oxygens (including phenoxy) is 1. The van der Waals surface area contributed by atoms with Gasteiger partial charge in [0.25, 0.3) is 0 Å². The van der Waals surface area contributed by atoms with Crippen LogP contribution in [-0.2, 0) is 16.0 Å². The highest BCUT2D eigenvalue weighted by Gasteiger charge is 2.16. The van der Waals surface area contributed by atoms with Crippen molar-refractivity contribution in [2.45, 2.75) is 39.2 Å². The summed E-state index contributed by atoms with van der Waals surface area (Å²) in [6.07, 6.45) is 0.538. The molecule has 0 amide bonds. The average Bonchev–Trinajstić information content (AvgIpc) is 2.45. The maximum Gasteiger partial charge on any atom is 0.306 e. The van der Waals surface area contributed by atoms with Crippen LogP contribution in [0.1, 0.15) is 33.0 Å². The van der Waals surface area contributed by atoms with Crippen LogP contribution in [0.15, 0.2) is 24.3 Å². The first kappa shape index (κ1) is 16.3. The normalized spacial score (nSPS) is 11.3. The predicted octanol–water partition coefficient (Wildman–Crippen LogP) is 2.86. The van der Waals surface area contributed by atoms with Gasteiger partial charge in [-0.3, -0.25) is 4.79 Å². The lowest BCUT2D eigenvalue weighted by molar-refractivity contribution is -0.154. The Morgan fingerprint density at radius 1 is 1.09 bits per heavy atom. The first-order chi connectivity index (χ1) is 10.3. The monoisotopic (exact) mass is 320 g/mol. The third-order valence-electron chi connectivity index (χ3n) is 2.60. The van der Waals surface area contributed by atoms with E-state index in [0.717, 1.165) is 5.56 Å². The molecular weight excluding hydrogens is 304 g/mol. The number of esters is 1. The van der Waals surface area contributed by atoms with Crippen molar-refractivity contribution in [1.29, 1.82) is 0 Å². The Labute approximate surface area is 133 Å². The van der Waals surface area contributed by atoms with Gasteiger partial charge >= 0.3 is 5.97 Å². The van der Waals surface area contributed by atoms with Gasteiger partial charge in [0.15, 0.2) is 5.82 Å². The van der Waals surface area contributed by atoms with Crippen LogP contribution in [0.3, 0.4) is 0 Å². The molecule has 0 saturated carbocycles. The molecule has 0 aliphatic carbocycles. The molecule has 0 unspecified atom stereocenters. The number of hydrogen-bond donors (Lipinski definition) is 0. The van der Waals surface area contributed by atoms with Crippen molar-refractivity contribution in [3.8, 4) is 11.4 Å². The largest absolute Gasteiger partial charge is 0.460 e. The second kappa shape index (κ2) is 6.79. The zero-order valence-electron chi connectivity index (χ0n) is 12.7. The molecular formula is C15H17ClN4O2. The number of aromatic nitrogens is 4. The van der Waals surface area contributed by atoms with Gasteiger partial charge in [-0.1, -0.05) is 11.6 Å². The quantitative estimate of drug-likeness (QED) is 0.806. The fraction of sp³-hybridized carbons (Fsp3) is 0.400. The lowest BCUT2D eigenvalue weighted by Crippen LogP contribution is -2.24. The number of carbonyl (C=O) groups is 1. The van der Waals surface area contributed by atoms with Gasteiger partial charge in [0.2, 0.25) is 5.82 Å². The molecule has 0 saturated heterocycles. The van der Waals surface area contributed by atoms with Crippen molar-refractivity contribution in [2.24, 2.45) is 0 Å². The summed E-state index contributed by atoms with van der Waals surface area (Å²) in [5, 5.41) is 16.6. The van der Waals surface area contributed by atoms with Crippen LogP contribution < -0.4 is 0 Å². The van der Waals surface area contributed by atoms with Crippen LogP contribution in [0, 0.1) is 0 Å². The highest BCUT2D eigenvalue weighted by Crippen LogP contribution is 2.16. The summed E-state index contributed by atoms with van der Waals surface area (Å²) < 4.78 is 5.22. The Bertz CT molecular complexity index is 636. The molecule has 6 nitrogen and oxygen atoms in total. The molecule has 1 aromatic heterocycles. The second-order valence-electron chi connectivity index (χ2n) is 5.73. The Balaban J connectivity index is 1.95. The Kier molecular flexibility index (Phi) is 5.03. The fourth-order valence-corrected chi connectivity index (χ4v) is 1.80. The number of hydrogen-bond acceptors (Lipinski definition) is 6. The van der Waals surface area contributed by atoms with Crippen LogP contribution in [-0.4, -0.2) is 32.0 Å². The zero-order chi connectivity index (χ0) is 16.2. The predicted molar refractivity (Wildman–Crippen MR) is 82.2 cm³/mol. The summed E-state index contributed by atoms with van der Waals surface area (Å²) in [6, 6.07) is 7.08. The van der Waals surface area contributed by atoms with Crippen molar-refractivity contribution in [1.82, 2.24) is 20.4 Å². The molecule has 2 aromatic rings. The summed E-state index contributed by atoms with van der Waals surface area (Å²) in [5.74, 6) is 0.527. The van der Waals surface area contributed by atoms with Gasteiger partial charge in [-0.05, 0) is 45.0 Å². The molecule has 0 atom stereocenters. The lowest BCUT2D eigenvalue weighted by atomic mass is 10.2. The smallest absolute Gasteiger partial charge is 0.306 e. The molecule has 116 valence electrons. The van der Waals surface area contributed by atoms with Crippen LogP contribution in [0.5, 0.6) is 0 Å². The van der Waals surface area contributed by atoms with E-state index >= 15 is 0 Å². The molecule has 0 aliphatic heterocycles. The SMILES string of the molecule is CC(C)(C)OC(=O)CCc1nnc(-c2ccc(Cl)cc2)nn1. The minimum Gasteiger partial charge on any atom is -0.460 e. The van der Waals surface area contributed by atoms with Gasteiger partial charge in [-0.15, -0.1) is 20.4 Å². The van der Waals surface area contributed by atoms with Crippen molar-refractivity contribution >= 4 is 17.6 Å². The number of rotatable bonds is 4. The number of carbonyl (C=O) groups excluding carboxylic acids is 1. The summed E-state index contributed by atoms with van der Waals surface area (Å²) >= 11 is 5.83. The van der Waals surface area contributed by atoms with E-state index in [2.05, 4.69) is 20.4 Å². The number of nitrogens with zero attached hydrogens (tertiary/aromatic N) is 4. The van der Waals surface area contributed by atoms with Gasteiger partial charge in [0, 0.05) is 17.0 Å². The Morgan fingerprint density at radius 3 is 2.23 bits per heavy atom. The summed E-state index contributed by atoms with van der Waals surface area (Å²) in [4.78, 5) is 11.6. The molecule has 1 aromatic carbocycles. The molecule has 0 radical (unpaired) electrons. The number of benzene rings is 1. The number of aryl methyl sites for hydroxylation is 1. The third-order valence-corrected chi connectivity index (χ3v) is 2.85. The van der Waals surface area contributed by atoms with Crippen molar-refractivity contribution in [3.05, 3.63) is 35.1 Å². The van der Waals surface area contributed by atoms with Crippen LogP contribution in [0.4, 0.5) is 0 Å². The van der Waals surface area contributed by atoms with E-state index in [1.165, 1.54) is 0 Å². The molecule has 1 heterocycles. The van der Waals surface area contributed by atoms with Crippen LogP contribution in [0.2, 0.25) is 5.02 Å².